The maximum Gasteiger partial charge on any atom is 0.306 e. The van der Waals surface area contributed by atoms with Gasteiger partial charge in [-0.3, -0.25) is 4.79 Å². The number of cyclic esters (lactones) is 1. The first-order valence-electron chi connectivity index (χ1n) is 5.52. The molecule has 1 aliphatic carbocycles. The van der Waals surface area contributed by atoms with E-state index in [9.17, 15) is 4.79 Å². The first-order chi connectivity index (χ1) is 6.68. The molecule has 0 N–H and O–H groups in total. The van der Waals surface area contributed by atoms with Crippen LogP contribution in [0.25, 0.3) is 0 Å². The van der Waals surface area contributed by atoms with Crippen molar-refractivity contribution in [2.24, 2.45) is 11.8 Å². The molecular formula is C12H18O2. The molecule has 2 rings (SSSR count). The molecule has 1 saturated carbocycles. The third-order valence-corrected chi connectivity index (χ3v) is 3.68. The number of carbonyl (C=O) groups is 1. The topological polar surface area (TPSA) is 26.3 Å². The molecule has 14 heavy (non-hydrogen) atoms. The number of ether oxygens (including phenoxy) is 1. The van der Waals surface area contributed by atoms with E-state index < -0.39 is 0 Å². The highest BCUT2D eigenvalue weighted by atomic mass is 16.5. The van der Waals surface area contributed by atoms with Crippen LogP contribution < -0.4 is 0 Å². The van der Waals surface area contributed by atoms with Crippen LogP contribution in [0, 0.1) is 11.8 Å². The maximum absolute atomic E-state index is 11.4. The molecule has 0 radical (unpaired) electrons. The quantitative estimate of drug-likeness (QED) is 0.438. The van der Waals surface area contributed by atoms with E-state index >= 15 is 0 Å². The number of allylic oxidation sites excluding steroid dienone is 1. The molecule has 0 unspecified atom stereocenters. The molecule has 1 aliphatic heterocycles. The molecule has 0 saturated heterocycles. The molecule has 0 amide bonds. The molecule has 0 spiro atoms. The maximum atomic E-state index is 11.4. The second kappa shape index (κ2) is 3.76. The van der Waals surface area contributed by atoms with Crippen molar-refractivity contribution < 1.29 is 9.53 Å². The number of hydrogen-bond acceptors (Lipinski definition) is 2. The fraction of sp³-hybridized carbons (Fsp3) is 0.750. The Balaban J connectivity index is 2.26. The Labute approximate surface area is 85.3 Å². The lowest BCUT2D eigenvalue weighted by atomic mass is 9.88. The van der Waals surface area contributed by atoms with Gasteiger partial charge in [-0.25, -0.2) is 0 Å². The van der Waals surface area contributed by atoms with E-state index in [1.807, 2.05) is 0 Å². The number of fused-ring (bicyclic) bond motifs is 1. The van der Waals surface area contributed by atoms with Crippen LogP contribution in [-0.4, -0.2) is 12.6 Å². The van der Waals surface area contributed by atoms with E-state index in [0.717, 1.165) is 6.42 Å². The van der Waals surface area contributed by atoms with Gasteiger partial charge in [0.25, 0.3) is 0 Å². The van der Waals surface area contributed by atoms with E-state index in [2.05, 4.69) is 13.8 Å². The smallest absolute Gasteiger partial charge is 0.306 e. The molecule has 2 aliphatic rings. The second-order valence-electron chi connectivity index (χ2n) is 4.60. The van der Waals surface area contributed by atoms with Crippen molar-refractivity contribution in [3.8, 4) is 0 Å². The van der Waals surface area contributed by atoms with E-state index in [1.165, 1.54) is 18.4 Å². The van der Waals surface area contributed by atoms with Gasteiger partial charge in [-0.15, -0.1) is 0 Å². The van der Waals surface area contributed by atoms with Gasteiger partial charge < -0.3 is 4.74 Å². The van der Waals surface area contributed by atoms with Crippen LogP contribution in [0.5, 0.6) is 0 Å². The number of hydrogen-bond donors (Lipinski definition) is 0. The van der Waals surface area contributed by atoms with Crippen molar-refractivity contribution in [1.29, 1.82) is 0 Å². The van der Waals surface area contributed by atoms with Crippen LogP contribution in [0.15, 0.2) is 11.1 Å². The highest BCUT2D eigenvalue weighted by Crippen LogP contribution is 2.41. The average molecular weight is 194 g/mol. The Hall–Kier alpha value is -0.790. The van der Waals surface area contributed by atoms with Crippen LogP contribution in [0.3, 0.4) is 0 Å². The van der Waals surface area contributed by atoms with E-state index in [1.54, 1.807) is 5.57 Å². The van der Waals surface area contributed by atoms with E-state index in [-0.39, 0.29) is 5.97 Å². The molecule has 0 aromatic rings. The lowest BCUT2D eigenvalue weighted by Crippen LogP contribution is -2.18. The fourth-order valence-electron chi connectivity index (χ4n) is 2.68. The van der Waals surface area contributed by atoms with Gasteiger partial charge in [0, 0.05) is 6.42 Å². The third-order valence-electron chi connectivity index (χ3n) is 3.68. The Morgan fingerprint density at radius 3 is 2.93 bits per heavy atom. The van der Waals surface area contributed by atoms with Crippen molar-refractivity contribution in [2.45, 2.75) is 39.5 Å². The van der Waals surface area contributed by atoms with Crippen LogP contribution in [0.2, 0.25) is 0 Å². The van der Waals surface area contributed by atoms with Crippen molar-refractivity contribution in [2.75, 3.05) is 6.61 Å². The molecular weight excluding hydrogens is 176 g/mol. The average Bonchev–Trinajstić information content (AvgIpc) is 2.45. The van der Waals surface area contributed by atoms with Crippen LogP contribution in [0.1, 0.15) is 39.5 Å². The van der Waals surface area contributed by atoms with Gasteiger partial charge in [0.1, 0.15) is 0 Å². The third kappa shape index (κ3) is 1.70. The van der Waals surface area contributed by atoms with Crippen LogP contribution in [-0.2, 0) is 9.53 Å². The summed E-state index contributed by atoms with van der Waals surface area (Å²) < 4.78 is 5.14. The Morgan fingerprint density at radius 2 is 2.14 bits per heavy atom. The van der Waals surface area contributed by atoms with Gasteiger partial charge in [0.15, 0.2) is 0 Å². The molecule has 0 aromatic heterocycles. The van der Waals surface area contributed by atoms with Crippen molar-refractivity contribution in [3.05, 3.63) is 11.1 Å². The SMILES string of the molecule is C/C1=C2\CC[C@H](C)[C@H]2CC(=O)OCC1. The minimum atomic E-state index is -0.00579. The summed E-state index contributed by atoms with van der Waals surface area (Å²) in [5.41, 5.74) is 3.01. The summed E-state index contributed by atoms with van der Waals surface area (Å²) >= 11 is 0. The van der Waals surface area contributed by atoms with E-state index in [4.69, 9.17) is 4.74 Å². The van der Waals surface area contributed by atoms with Gasteiger partial charge in [0.05, 0.1) is 13.0 Å². The van der Waals surface area contributed by atoms with Crippen molar-refractivity contribution in [1.82, 2.24) is 0 Å². The van der Waals surface area contributed by atoms with Gasteiger partial charge in [0.2, 0.25) is 0 Å². The van der Waals surface area contributed by atoms with Crippen molar-refractivity contribution >= 4 is 5.97 Å². The van der Waals surface area contributed by atoms with Gasteiger partial charge >= 0.3 is 5.97 Å². The molecule has 1 heterocycles. The fourth-order valence-corrected chi connectivity index (χ4v) is 2.68. The van der Waals surface area contributed by atoms with Gasteiger partial charge in [-0.1, -0.05) is 18.1 Å². The molecule has 78 valence electrons. The molecule has 0 aromatic carbocycles. The minimum absolute atomic E-state index is 0.00579. The predicted molar refractivity (Wildman–Crippen MR) is 54.8 cm³/mol. The summed E-state index contributed by atoms with van der Waals surface area (Å²) in [4.78, 5) is 11.4. The zero-order valence-electron chi connectivity index (χ0n) is 9.01. The standard InChI is InChI=1S/C12H18O2/c1-8-3-4-10-9(2)5-6-14-12(13)7-11(8)10/h8,11H,3-7H2,1-2H3/b10-9-/t8-,11+/m0/s1. The zero-order valence-corrected chi connectivity index (χ0v) is 9.01. The lowest BCUT2D eigenvalue weighted by Gasteiger charge is -2.21. The summed E-state index contributed by atoms with van der Waals surface area (Å²) in [7, 11) is 0. The summed E-state index contributed by atoms with van der Waals surface area (Å²) in [5.74, 6) is 1.13. The highest BCUT2D eigenvalue weighted by Gasteiger charge is 2.32. The number of carbonyl (C=O) groups excluding carboxylic acids is 1. The lowest BCUT2D eigenvalue weighted by molar-refractivity contribution is -0.144. The van der Waals surface area contributed by atoms with Crippen molar-refractivity contribution in [3.63, 3.8) is 0 Å². The highest BCUT2D eigenvalue weighted by molar-refractivity contribution is 5.70. The Kier molecular flexibility index (Phi) is 2.62. The summed E-state index contributed by atoms with van der Waals surface area (Å²) in [6, 6.07) is 0. The molecule has 2 nitrogen and oxygen atoms in total. The minimum Gasteiger partial charge on any atom is -0.465 e. The normalized spacial score (nSPS) is 38.6. The largest absolute Gasteiger partial charge is 0.465 e. The van der Waals surface area contributed by atoms with Crippen LogP contribution in [0.4, 0.5) is 0 Å². The summed E-state index contributed by atoms with van der Waals surface area (Å²) in [5, 5.41) is 0. The predicted octanol–water partition coefficient (Wildman–Crippen LogP) is 2.69. The molecule has 2 heteroatoms. The Morgan fingerprint density at radius 1 is 1.36 bits per heavy atom. The van der Waals surface area contributed by atoms with E-state index in [0.29, 0.717) is 24.9 Å². The van der Waals surface area contributed by atoms with Gasteiger partial charge in [-0.05, 0) is 31.6 Å². The summed E-state index contributed by atoms with van der Waals surface area (Å²) in [6.45, 7) is 5.02. The second-order valence-corrected chi connectivity index (χ2v) is 4.60. The number of rotatable bonds is 0. The molecule has 0 bridgehead atoms. The molecule has 2 atom stereocenters. The van der Waals surface area contributed by atoms with Gasteiger partial charge in [-0.2, -0.15) is 0 Å². The summed E-state index contributed by atoms with van der Waals surface area (Å²) in [6.07, 6.45) is 3.98. The Bertz CT molecular complexity index is 278. The van der Waals surface area contributed by atoms with Crippen LogP contribution >= 0.6 is 0 Å². The number of esters is 1. The monoisotopic (exact) mass is 194 g/mol. The first kappa shape index (κ1) is 9.75. The first-order valence-corrected chi connectivity index (χ1v) is 5.52. The zero-order chi connectivity index (χ0) is 10.1. The molecule has 1 fully saturated rings.